The maximum atomic E-state index is 12.5. The summed E-state index contributed by atoms with van der Waals surface area (Å²) >= 11 is 0. The van der Waals surface area contributed by atoms with Crippen LogP contribution < -0.4 is 10.6 Å². The zero-order valence-electron chi connectivity index (χ0n) is 14.7. The fourth-order valence-corrected chi connectivity index (χ4v) is 2.84. The normalized spacial score (nSPS) is 15.4. The summed E-state index contributed by atoms with van der Waals surface area (Å²) in [6, 6.07) is 5.63. The van der Waals surface area contributed by atoms with Gasteiger partial charge in [0.05, 0.1) is 17.4 Å². The van der Waals surface area contributed by atoms with E-state index in [9.17, 15) is 4.79 Å². The predicted molar refractivity (Wildman–Crippen MR) is 93.9 cm³/mol. The third-order valence-corrected chi connectivity index (χ3v) is 4.46. The van der Waals surface area contributed by atoms with E-state index in [-0.39, 0.29) is 12.1 Å². The molecular weight excluding hydrogens is 302 g/mol. The molecule has 1 aliphatic carbocycles. The molecule has 0 spiro atoms. The van der Waals surface area contributed by atoms with Gasteiger partial charge in [-0.3, -0.25) is 15.0 Å². The first kappa shape index (κ1) is 16.5. The van der Waals surface area contributed by atoms with Crippen molar-refractivity contribution in [3.8, 4) is 0 Å². The van der Waals surface area contributed by atoms with Crippen molar-refractivity contribution in [2.45, 2.75) is 45.6 Å². The van der Waals surface area contributed by atoms with Crippen molar-refractivity contribution in [1.29, 1.82) is 0 Å². The number of hydrogen-bond donors (Lipinski definition) is 2. The molecule has 128 valence electrons. The number of anilines is 1. The van der Waals surface area contributed by atoms with Crippen LogP contribution in [0, 0.1) is 12.8 Å². The molecule has 6 heteroatoms. The van der Waals surface area contributed by atoms with Crippen molar-refractivity contribution < 1.29 is 4.79 Å². The lowest BCUT2D eigenvalue weighted by Crippen LogP contribution is -2.35. The molecule has 2 aromatic rings. The zero-order chi connectivity index (χ0) is 17.3. The Morgan fingerprint density at radius 2 is 2.12 bits per heavy atom. The van der Waals surface area contributed by atoms with E-state index in [1.54, 1.807) is 10.9 Å². The monoisotopic (exact) mass is 327 g/mol. The summed E-state index contributed by atoms with van der Waals surface area (Å²) in [6.45, 7) is 6.20. The number of rotatable bonds is 5. The minimum absolute atomic E-state index is 0.0380. The van der Waals surface area contributed by atoms with Gasteiger partial charge in [0.1, 0.15) is 5.82 Å². The first-order valence-corrected chi connectivity index (χ1v) is 8.48. The summed E-state index contributed by atoms with van der Waals surface area (Å²) in [5, 5.41) is 10.4. The van der Waals surface area contributed by atoms with Crippen molar-refractivity contribution in [3.63, 3.8) is 0 Å². The van der Waals surface area contributed by atoms with Crippen LogP contribution in [-0.2, 0) is 7.05 Å². The lowest BCUT2D eigenvalue weighted by atomic mass is 10.0. The van der Waals surface area contributed by atoms with E-state index >= 15 is 0 Å². The second kappa shape index (κ2) is 6.63. The van der Waals surface area contributed by atoms with Crippen LogP contribution in [0.2, 0.25) is 0 Å². The first-order valence-electron chi connectivity index (χ1n) is 8.48. The molecule has 6 nitrogen and oxygen atoms in total. The standard InChI is InChI=1S/C18H25N5O/c1-11(2)14-10-15(23(4)22-14)20-18(24)21-17(13-7-8-13)16-12(3)6-5-9-19-16/h5-6,9-11,13,17H,7-8H2,1-4H3,(H2,20,21,24)/t17-/m1/s1. The largest absolute Gasteiger partial charge is 0.329 e. The van der Waals surface area contributed by atoms with Crippen LogP contribution in [0.1, 0.15) is 55.6 Å². The highest BCUT2D eigenvalue weighted by Crippen LogP contribution is 2.41. The van der Waals surface area contributed by atoms with Crippen molar-refractivity contribution in [3.05, 3.63) is 41.3 Å². The molecule has 1 saturated carbocycles. The summed E-state index contributed by atoms with van der Waals surface area (Å²) in [4.78, 5) is 17.0. The number of urea groups is 1. The minimum Gasteiger partial charge on any atom is -0.329 e. The van der Waals surface area contributed by atoms with Gasteiger partial charge in [0.2, 0.25) is 0 Å². The van der Waals surface area contributed by atoms with Crippen LogP contribution in [0.25, 0.3) is 0 Å². The molecule has 2 aromatic heterocycles. The van der Waals surface area contributed by atoms with E-state index in [1.807, 2.05) is 32.2 Å². The summed E-state index contributed by atoms with van der Waals surface area (Å²) in [6.07, 6.45) is 4.04. The lowest BCUT2D eigenvalue weighted by Gasteiger charge is -2.19. The second-order valence-electron chi connectivity index (χ2n) is 6.85. The SMILES string of the molecule is Cc1cccnc1[C@H](NC(=O)Nc1cc(C(C)C)nn1C)C1CC1. The van der Waals surface area contributed by atoms with Crippen LogP contribution in [0.4, 0.5) is 10.6 Å². The molecule has 0 aliphatic heterocycles. The Morgan fingerprint density at radius 3 is 2.71 bits per heavy atom. The number of hydrogen-bond acceptors (Lipinski definition) is 3. The zero-order valence-corrected chi connectivity index (χ0v) is 14.7. The van der Waals surface area contributed by atoms with Gasteiger partial charge in [-0.25, -0.2) is 4.79 Å². The fraction of sp³-hybridized carbons (Fsp3) is 0.500. The van der Waals surface area contributed by atoms with Gasteiger partial charge in [0, 0.05) is 19.3 Å². The van der Waals surface area contributed by atoms with Gasteiger partial charge in [-0.05, 0) is 43.2 Å². The Morgan fingerprint density at radius 1 is 1.38 bits per heavy atom. The molecule has 0 bridgehead atoms. The first-order chi connectivity index (χ1) is 11.5. The van der Waals surface area contributed by atoms with E-state index in [0.717, 1.165) is 29.8 Å². The third-order valence-electron chi connectivity index (χ3n) is 4.46. The second-order valence-corrected chi connectivity index (χ2v) is 6.85. The van der Waals surface area contributed by atoms with E-state index in [1.165, 1.54) is 0 Å². The Balaban J connectivity index is 1.72. The Kier molecular flexibility index (Phi) is 4.55. The van der Waals surface area contributed by atoms with Crippen molar-refractivity contribution in [1.82, 2.24) is 20.1 Å². The van der Waals surface area contributed by atoms with E-state index in [4.69, 9.17) is 0 Å². The van der Waals surface area contributed by atoms with E-state index in [0.29, 0.717) is 17.7 Å². The van der Waals surface area contributed by atoms with Crippen LogP contribution in [0.5, 0.6) is 0 Å². The number of pyridine rings is 1. The Bertz CT molecular complexity index is 733. The molecular formula is C18H25N5O. The smallest absolute Gasteiger partial charge is 0.320 e. The van der Waals surface area contributed by atoms with E-state index in [2.05, 4.69) is 34.6 Å². The minimum atomic E-state index is -0.213. The molecule has 0 saturated heterocycles. The van der Waals surface area contributed by atoms with Crippen molar-refractivity contribution >= 4 is 11.8 Å². The van der Waals surface area contributed by atoms with Crippen LogP contribution in [0.3, 0.4) is 0 Å². The fourth-order valence-electron chi connectivity index (χ4n) is 2.84. The molecule has 2 amide bonds. The molecule has 2 heterocycles. The molecule has 24 heavy (non-hydrogen) atoms. The average molecular weight is 327 g/mol. The number of aromatic nitrogens is 3. The van der Waals surface area contributed by atoms with Crippen molar-refractivity contribution in [2.75, 3.05) is 5.32 Å². The van der Waals surface area contributed by atoms with Gasteiger partial charge >= 0.3 is 6.03 Å². The summed E-state index contributed by atoms with van der Waals surface area (Å²) in [5.74, 6) is 1.50. The van der Waals surface area contributed by atoms with Gasteiger partial charge in [-0.15, -0.1) is 0 Å². The molecule has 1 fully saturated rings. The molecule has 0 radical (unpaired) electrons. The number of nitrogens with zero attached hydrogens (tertiary/aromatic N) is 3. The Hall–Kier alpha value is -2.37. The number of amides is 2. The molecule has 3 rings (SSSR count). The third kappa shape index (κ3) is 3.58. The van der Waals surface area contributed by atoms with Crippen molar-refractivity contribution in [2.24, 2.45) is 13.0 Å². The Labute approximate surface area is 142 Å². The van der Waals surface area contributed by atoms with Crippen LogP contribution in [-0.4, -0.2) is 20.8 Å². The average Bonchev–Trinajstić information content (AvgIpc) is 3.30. The van der Waals surface area contributed by atoms with Crippen LogP contribution in [0.15, 0.2) is 24.4 Å². The number of carbonyl (C=O) groups is 1. The van der Waals surface area contributed by atoms with Gasteiger partial charge < -0.3 is 5.32 Å². The number of carbonyl (C=O) groups excluding carboxylic acids is 1. The highest BCUT2D eigenvalue weighted by molar-refractivity contribution is 5.88. The highest BCUT2D eigenvalue weighted by Gasteiger charge is 2.35. The number of nitrogens with one attached hydrogen (secondary N) is 2. The van der Waals surface area contributed by atoms with Gasteiger partial charge in [0.15, 0.2) is 0 Å². The summed E-state index contributed by atoms with van der Waals surface area (Å²) < 4.78 is 1.70. The maximum absolute atomic E-state index is 12.5. The maximum Gasteiger partial charge on any atom is 0.320 e. The quantitative estimate of drug-likeness (QED) is 0.882. The number of aryl methyl sites for hydroxylation is 2. The molecule has 0 aromatic carbocycles. The van der Waals surface area contributed by atoms with Crippen LogP contribution >= 0.6 is 0 Å². The van der Waals surface area contributed by atoms with E-state index < -0.39 is 0 Å². The topological polar surface area (TPSA) is 71.8 Å². The molecule has 1 aliphatic rings. The van der Waals surface area contributed by atoms with Gasteiger partial charge in [0.25, 0.3) is 0 Å². The predicted octanol–water partition coefficient (Wildman–Crippen LogP) is 3.52. The van der Waals surface area contributed by atoms with Gasteiger partial charge in [-0.2, -0.15) is 5.10 Å². The lowest BCUT2D eigenvalue weighted by molar-refractivity contribution is 0.246. The molecule has 1 atom stereocenters. The summed E-state index contributed by atoms with van der Waals surface area (Å²) in [7, 11) is 1.84. The highest BCUT2D eigenvalue weighted by atomic mass is 16.2. The molecule has 0 unspecified atom stereocenters. The van der Waals surface area contributed by atoms with Gasteiger partial charge in [-0.1, -0.05) is 19.9 Å². The summed E-state index contributed by atoms with van der Waals surface area (Å²) in [5.41, 5.74) is 3.03. The molecule has 2 N–H and O–H groups in total.